The average molecular weight is 459 g/mol. The number of unbranched alkanes of at least 4 members (excludes halogenated alkanes) is 7. The van der Waals surface area contributed by atoms with Gasteiger partial charge in [0.1, 0.15) is 11.9 Å². The van der Waals surface area contributed by atoms with Gasteiger partial charge in [-0.2, -0.15) is 0 Å². The van der Waals surface area contributed by atoms with Crippen molar-refractivity contribution in [2.75, 3.05) is 0 Å². The van der Waals surface area contributed by atoms with Crippen LogP contribution in [0.4, 0.5) is 0 Å². The third-order valence-corrected chi connectivity index (χ3v) is 6.99. The number of epoxide rings is 1. The van der Waals surface area contributed by atoms with E-state index in [1.807, 2.05) is 48.5 Å². The molecule has 34 heavy (non-hydrogen) atoms. The molecule has 1 saturated heterocycles. The summed E-state index contributed by atoms with van der Waals surface area (Å²) in [5, 5.41) is 2.18. The van der Waals surface area contributed by atoms with Gasteiger partial charge in [-0.25, -0.2) is 4.79 Å². The zero-order chi connectivity index (χ0) is 23.8. The Kier molecular flexibility index (Phi) is 8.76. The molecule has 1 unspecified atom stereocenters. The van der Waals surface area contributed by atoms with Crippen LogP contribution < -0.4 is 4.74 Å². The molecule has 3 heteroatoms. The number of carbonyl (C=O) groups excluding carboxylic acids is 1. The van der Waals surface area contributed by atoms with Crippen molar-refractivity contribution in [1.82, 2.24) is 0 Å². The first-order valence-electron chi connectivity index (χ1n) is 13.1. The third-order valence-electron chi connectivity index (χ3n) is 6.99. The van der Waals surface area contributed by atoms with Crippen molar-refractivity contribution in [1.29, 1.82) is 0 Å². The highest BCUT2D eigenvalue weighted by molar-refractivity contribution is 5.86. The average Bonchev–Trinajstić information content (AvgIpc) is 3.66. The fourth-order valence-electron chi connectivity index (χ4n) is 4.89. The lowest BCUT2D eigenvalue weighted by molar-refractivity contribution is -0.135. The van der Waals surface area contributed by atoms with Gasteiger partial charge in [0.15, 0.2) is 6.10 Å². The Hall–Kier alpha value is -2.65. The number of carbonyl (C=O) groups is 1. The van der Waals surface area contributed by atoms with Crippen molar-refractivity contribution in [3.05, 3.63) is 77.9 Å². The molecule has 1 aliphatic rings. The Morgan fingerprint density at radius 3 is 2.32 bits per heavy atom. The molecule has 0 bridgehead atoms. The summed E-state index contributed by atoms with van der Waals surface area (Å²) in [6.45, 7) is 4.56. The van der Waals surface area contributed by atoms with E-state index >= 15 is 0 Å². The van der Waals surface area contributed by atoms with Crippen LogP contribution in [0, 0.1) is 0 Å². The first kappa shape index (κ1) is 24.5. The highest BCUT2D eigenvalue weighted by atomic mass is 16.6. The predicted octanol–water partition coefficient (Wildman–Crippen LogP) is 8.52. The Bertz CT molecular complexity index is 1070. The molecule has 3 aromatic carbocycles. The normalized spacial score (nSPS) is 18.1. The van der Waals surface area contributed by atoms with E-state index in [4.69, 9.17) is 9.47 Å². The zero-order valence-corrected chi connectivity index (χ0v) is 20.7. The number of rotatable bonds is 13. The van der Waals surface area contributed by atoms with Gasteiger partial charge in [0.25, 0.3) is 0 Å². The summed E-state index contributed by atoms with van der Waals surface area (Å²) >= 11 is 0. The van der Waals surface area contributed by atoms with Crippen LogP contribution in [0.2, 0.25) is 0 Å². The zero-order valence-electron chi connectivity index (χ0n) is 20.7. The summed E-state index contributed by atoms with van der Waals surface area (Å²) in [4.78, 5) is 12.8. The second kappa shape index (κ2) is 12.2. The summed E-state index contributed by atoms with van der Waals surface area (Å²) in [6, 6.07) is 22.2. The van der Waals surface area contributed by atoms with Gasteiger partial charge < -0.3 is 9.47 Å². The van der Waals surface area contributed by atoms with E-state index < -0.39 is 6.10 Å². The molecular weight excluding hydrogens is 420 g/mol. The molecule has 0 radical (unpaired) electrons. The largest absolute Gasteiger partial charge is 0.425 e. The van der Waals surface area contributed by atoms with Gasteiger partial charge in [0, 0.05) is 0 Å². The highest BCUT2D eigenvalue weighted by Gasteiger charge is 2.48. The van der Waals surface area contributed by atoms with E-state index in [0.717, 1.165) is 16.3 Å². The molecule has 0 spiro atoms. The van der Waals surface area contributed by atoms with Crippen molar-refractivity contribution in [2.24, 2.45) is 0 Å². The Balaban J connectivity index is 1.28. The summed E-state index contributed by atoms with van der Waals surface area (Å²) in [7, 11) is 0. The SMILES string of the molecule is CCCCCCCCCCC(C)c1ccccc1[C@H]1O[C@H]1C(=O)Oc1ccc2ccccc2c1. The molecule has 0 saturated carbocycles. The molecule has 0 amide bonds. The molecule has 3 atom stereocenters. The predicted molar refractivity (Wildman–Crippen MR) is 139 cm³/mol. The van der Waals surface area contributed by atoms with E-state index in [-0.39, 0.29) is 12.1 Å². The minimum absolute atomic E-state index is 0.204. The number of esters is 1. The standard InChI is InChI=1S/C31H38O3/c1-3-4-5-6-7-8-9-10-15-23(2)27-18-13-14-19-28(27)29-30(34-29)31(32)33-26-21-20-24-16-11-12-17-25(24)22-26/h11-14,16-23,29-30H,3-10,15H2,1-2H3/t23?,29-,30-/m1/s1. The molecule has 3 nitrogen and oxygen atoms in total. The lowest BCUT2D eigenvalue weighted by Gasteiger charge is -2.15. The highest BCUT2D eigenvalue weighted by Crippen LogP contribution is 2.43. The van der Waals surface area contributed by atoms with Crippen LogP contribution >= 0.6 is 0 Å². The van der Waals surface area contributed by atoms with Gasteiger partial charge in [-0.3, -0.25) is 0 Å². The lowest BCUT2D eigenvalue weighted by Crippen LogP contribution is -2.16. The number of benzene rings is 3. The second-order valence-electron chi connectivity index (χ2n) is 9.70. The van der Waals surface area contributed by atoms with Crippen molar-refractivity contribution in [3.8, 4) is 5.75 Å². The quantitative estimate of drug-likeness (QED) is 0.111. The number of ether oxygens (including phenoxy) is 2. The van der Waals surface area contributed by atoms with Gasteiger partial charge in [-0.1, -0.05) is 120 Å². The van der Waals surface area contributed by atoms with E-state index in [1.165, 1.54) is 63.4 Å². The Morgan fingerprint density at radius 2 is 1.53 bits per heavy atom. The third kappa shape index (κ3) is 6.48. The fourth-order valence-corrected chi connectivity index (χ4v) is 4.89. The van der Waals surface area contributed by atoms with E-state index in [9.17, 15) is 4.79 Å². The first-order valence-corrected chi connectivity index (χ1v) is 13.1. The molecule has 0 N–H and O–H groups in total. The maximum Gasteiger partial charge on any atom is 0.343 e. The Morgan fingerprint density at radius 1 is 0.853 bits per heavy atom. The Labute approximate surface area is 204 Å². The van der Waals surface area contributed by atoms with Gasteiger partial charge in [-0.15, -0.1) is 0 Å². The molecule has 0 aliphatic carbocycles. The maximum absolute atomic E-state index is 12.8. The van der Waals surface area contributed by atoms with Crippen LogP contribution in [-0.2, 0) is 9.53 Å². The smallest absolute Gasteiger partial charge is 0.343 e. The minimum Gasteiger partial charge on any atom is -0.425 e. The number of hydrogen-bond donors (Lipinski definition) is 0. The molecule has 0 aromatic heterocycles. The number of fused-ring (bicyclic) bond motifs is 1. The van der Waals surface area contributed by atoms with Crippen molar-refractivity contribution in [2.45, 2.75) is 89.8 Å². The van der Waals surface area contributed by atoms with Gasteiger partial charge in [-0.05, 0) is 46.4 Å². The van der Waals surface area contributed by atoms with Crippen LogP contribution in [0.5, 0.6) is 5.75 Å². The molecule has 1 aliphatic heterocycles. The van der Waals surface area contributed by atoms with Crippen LogP contribution in [-0.4, -0.2) is 12.1 Å². The van der Waals surface area contributed by atoms with Crippen molar-refractivity contribution >= 4 is 16.7 Å². The molecule has 1 fully saturated rings. The summed E-state index contributed by atoms with van der Waals surface area (Å²) in [5.41, 5.74) is 2.44. The van der Waals surface area contributed by atoms with Gasteiger partial charge >= 0.3 is 5.97 Å². The molecule has 180 valence electrons. The summed E-state index contributed by atoms with van der Waals surface area (Å²) in [6.07, 6.45) is 11.1. The van der Waals surface area contributed by atoms with E-state index in [1.54, 1.807) is 0 Å². The lowest BCUT2D eigenvalue weighted by atomic mass is 9.89. The topological polar surface area (TPSA) is 38.8 Å². The summed E-state index contributed by atoms with van der Waals surface area (Å²) in [5.74, 6) is 0.706. The van der Waals surface area contributed by atoms with Crippen LogP contribution in [0.25, 0.3) is 10.8 Å². The first-order chi connectivity index (χ1) is 16.7. The summed E-state index contributed by atoms with van der Waals surface area (Å²) < 4.78 is 11.5. The fraction of sp³-hybridized carbons (Fsp3) is 0.452. The maximum atomic E-state index is 12.8. The van der Waals surface area contributed by atoms with Crippen LogP contribution in [0.1, 0.15) is 94.8 Å². The van der Waals surface area contributed by atoms with Crippen molar-refractivity contribution in [3.63, 3.8) is 0 Å². The van der Waals surface area contributed by atoms with E-state index in [2.05, 4.69) is 32.0 Å². The monoisotopic (exact) mass is 458 g/mol. The van der Waals surface area contributed by atoms with Gasteiger partial charge in [0.05, 0.1) is 0 Å². The number of hydrogen-bond acceptors (Lipinski definition) is 3. The van der Waals surface area contributed by atoms with Gasteiger partial charge in [0.2, 0.25) is 0 Å². The van der Waals surface area contributed by atoms with E-state index in [0.29, 0.717) is 11.7 Å². The molecule has 1 heterocycles. The van der Waals surface area contributed by atoms with Crippen molar-refractivity contribution < 1.29 is 14.3 Å². The second-order valence-corrected chi connectivity index (χ2v) is 9.70. The molecule has 3 aromatic rings. The molecular formula is C31H38O3. The molecule has 4 rings (SSSR count). The van der Waals surface area contributed by atoms with Crippen LogP contribution in [0.15, 0.2) is 66.7 Å². The minimum atomic E-state index is -0.525. The van der Waals surface area contributed by atoms with Crippen LogP contribution in [0.3, 0.4) is 0 Å².